The average molecular weight is 245 g/mol. The van der Waals surface area contributed by atoms with Crippen molar-refractivity contribution in [3.8, 4) is 0 Å². The molecule has 3 nitrogen and oxygen atoms in total. The van der Waals surface area contributed by atoms with Crippen LogP contribution in [0.3, 0.4) is 0 Å². The summed E-state index contributed by atoms with van der Waals surface area (Å²) in [7, 11) is 0. The van der Waals surface area contributed by atoms with E-state index in [0.29, 0.717) is 6.54 Å². The van der Waals surface area contributed by atoms with E-state index in [4.69, 9.17) is 4.74 Å². The van der Waals surface area contributed by atoms with Crippen molar-refractivity contribution in [1.29, 1.82) is 0 Å². The first-order chi connectivity index (χ1) is 8.81. The summed E-state index contributed by atoms with van der Waals surface area (Å²) < 4.78 is 5.31. The third-order valence-corrected chi connectivity index (χ3v) is 3.17. The summed E-state index contributed by atoms with van der Waals surface area (Å²) in [5, 5.41) is 0. The van der Waals surface area contributed by atoms with Crippen molar-refractivity contribution in [2.75, 3.05) is 32.8 Å². The van der Waals surface area contributed by atoms with Gasteiger partial charge in [0.15, 0.2) is 5.78 Å². The second-order valence-corrected chi connectivity index (χ2v) is 4.40. The number of ether oxygens (including phenoxy) is 1. The molecule has 0 amide bonds. The zero-order chi connectivity index (χ0) is 12.8. The smallest absolute Gasteiger partial charge is 0.189 e. The van der Waals surface area contributed by atoms with Gasteiger partial charge in [0.25, 0.3) is 0 Å². The lowest BCUT2D eigenvalue weighted by Gasteiger charge is -2.27. The Hall–Kier alpha value is -1.45. The summed E-state index contributed by atoms with van der Waals surface area (Å²) in [4.78, 5) is 14.6. The maximum Gasteiger partial charge on any atom is 0.189 e. The number of ketones is 1. The molecule has 0 saturated carbocycles. The van der Waals surface area contributed by atoms with E-state index in [1.807, 2.05) is 43.3 Å². The zero-order valence-electron chi connectivity index (χ0n) is 10.8. The molecule has 96 valence electrons. The van der Waals surface area contributed by atoms with Gasteiger partial charge in [-0.3, -0.25) is 9.69 Å². The maximum absolute atomic E-state index is 12.3. The van der Waals surface area contributed by atoms with Gasteiger partial charge in [0, 0.05) is 30.8 Å². The van der Waals surface area contributed by atoms with Gasteiger partial charge in [0.1, 0.15) is 0 Å². The van der Waals surface area contributed by atoms with Crippen LogP contribution in [0.25, 0.3) is 0 Å². The first-order valence-electron chi connectivity index (χ1n) is 6.36. The number of morpholine rings is 1. The minimum Gasteiger partial charge on any atom is -0.379 e. The highest BCUT2D eigenvalue weighted by Gasteiger charge is 2.16. The summed E-state index contributed by atoms with van der Waals surface area (Å²) in [6, 6.07) is 9.45. The number of hydrogen-bond donors (Lipinski definition) is 0. The van der Waals surface area contributed by atoms with E-state index in [2.05, 4.69) is 4.90 Å². The van der Waals surface area contributed by atoms with Crippen molar-refractivity contribution in [1.82, 2.24) is 4.90 Å². The Morgan fingerprint density at radius 3 is 2.56 bits per heavy atom. The van der Waals surface area contributed by atoms with Crippen molar-refractivity contribution in [3.63, 3.8) is 0 Å². The Bertz CT molecular complexity index is 419. The van der Waals surface area contributed by atoms with Gasteiger partial charge in [0.2, 0.25) is 0 Å². The van der Waals surface area contributed by atoms with Crippen LogP contribution in [0.15, 0.2) is 42.0 Å². The molecule has 2 rings (SSSR count). The Labute approximate surface area is 108 Å². The number of benzene rings is 1. The molecular formula is C15H19NO2. The van der Waals surface area contributed by atoms with Crippen LogP contribution >= 0.6 is 0 Å². The number of carbonyl (C=O) groups is 1. The van der Waals surface area contributed by atoms with Crippen LogP contribution in [0.2, 0.25) is 0 Å². The number of allylic oxidation sites excluding steroid dienone is 1. The van der Waals surface area contributed by atoms with E-state index >= 15 is 0 Å². The fourth-order valence-corrected chi connectivity index (χ4v) is 2.07. The Morgan fingerprint density at radius 1 is 1.28 bits per heavy atom. The van der Waals surface area contributed by atoms with Gasteiger partial charge in [-0.05, 0) is 6.92 Å². The van der Waals surface area contributed by atoms with Crippen LogP contribution < -0.4 is 0 Å². The predicted molar refractivity (Wildman–Crippen MR) is 71.8 cm³/mol. The van der Waals surface area contributed by atoms with E-state index in [9.17, 15) is 4.79 Å². The van der Waals surface area contributed by atoms with E-state index in [0.717, 1.165) is 37.4 Å². The van der Waals surface area contributed by atoms with E-state index in [-0.39, 0.29) is 5.78 Å². The fraction of sp³-hybridized carbons (Fsp3) is 0.400. The van der Waals surface area contributed by atoms with E-state index in [1.54, 1.807) is 0 Å². The van der Waals surface area contributed by atoms with Crippen LogP contribution in [0.4, 0.5) is 0 Å². The normalized spacial score (nSPS) is 17.7. The molecule has 0 unspecified atom stereocenters. The summed E-state index contributed by atoms with van der Waals surface area (Å²) in [6.45, 7) is 5.97. The summed E-state index contributed by atoms with van der Waals surface area (Å²) >= 11 is 0. The van der Waals surface area contributed by atoms with Gasteiger partial charge in [-0.1, -0.05) is 36.4 Å². The van der Waals surface area contributed by atoms with Gasteiger partial charge >= 0.3 is 0 Å². The van der Waals surface area contributed by atoms with Crippen LogP contribution in [-0.4, -0.2) is 43.5 Å². The third-order valence-electron chi connectivity index (χ3n) is 3.17. The highest BCUT2D eigenvalue weighted by atomic mass is 16.5. The molecule has 18 heavy (non-hydrogen) atoms. The Morgan fingerprint density at radius 2 is 1.94 bits per heavy atom. The molecule has 0 spiro atoms. The minimum atomic E-state index is 0.129. The SMILES string of the molecule is C/C=C(\CN1CCOCC1)C(=O)c1ccccc1. The second kappa shape index (κ2) is 6.47. The minimum absolute atomic E-state index is 0.129. The highest BCUT2D eigenvalue weighted by molar-refractivity contribution is 6.08. The molecule has 0 radical (unpaired) electrons. The molecule has 1 heterocycles. The van der Waals surface area contributed by atoms with Crippen LogP contribution in [0.5, 0.6) is 0 Å². The first-order valence-corrected chi connectivity index (χ1v) is 6.36. The molecule has 0 bridgehead atoms. The standard InChI is InChI=1S/C15H19NO2/c1-2-13(12-16-8-10-18-11-9-16)15(17)14-6-4-3-5-7-14/h2-7H,8-12H2,1H3/b13-2+. The van der Waals surface area contributed by atoms with E-state index < -0.39 is 0 Å². The molecule has 0 N–H and O–H groups in total. The third kappa shape index (κ3) is 3.28. The van der Waals surface area contributed by atoms with Gasteiger partial charge in [0.05, 0.1) is 13.2 Å². The quantitative estimate of drug-likeness (QED) is 0.601. The lowest BCUT2D eigenvalue weighted by Crippen LogP contribution is -2.38. The lowest BCUT2D eigenvalue weighted by atomic mass is 10.0. The van der Waals surface area contributed by atoms with Gasteiger partial charge in [-0.25, -0.2) is 0 Å². The number of rotatable bonds is 4. The second-order valence-electron chi connectivity index (χ2n) is 4.40. The monoisotopic (exact) mass is 245 g/mol. The molecule has 1 aliphatic rings. The highest BCUT2D eigenvalue weighted by Crippen LogP contribution is 2.11. The molecule has 3 heteroatoms. The van der Waals surface area contributed by atoms with Crippen molar-refractivity contribution in [2.45, 2.75) is 6.92 Å². The van der Waals surface area contributed by atoms with Gasteiger partial charge in [-0.2, -0.15) is 0 Å². The molecule has 1 aromatic carbocycles. The van der Waals surface area contributed by atoms with E-state index in [1.165, 1.54) is 0 Å². The van der Waals surface area contributed by atoms with Gasteiger partial charge < -0.3 is 4.74 Å². The zero-order valence-corrected chi connectivity index (χ0v) is 10.8. The predicted octanol–water partition coefficient (Wildman–Crippen LogP) is 2.15. The van der Waals surface area contributed by atoms with Crippen LogP contribution in [0, 0.1) is 0 Å². The average Bonchev–Trinajstić information content (AvgIpc) is 2.46. The van der Waals surface area contributed by atoms with Crippen molar-refractivity contribution < 1.29 is 9.53 Å². The largest absolute Gasteiger partial charge is 0.379 e. The number of nitrogens with zero attached hydrogens (tertiary/aromatic N) is 1. The van der Waals surface area contributed by atoms with Crippen molar-refractivity contribution in [2.24, 2.45) is 0 Å². The first kappa shape index (κ1) is 13.0. The summed E-state index contributed by atoms with van der Waals surface area (Å²) in [6.07, 6.45) is 1.92. The summed E-state index contributed by atoms with van der Waals surface area (Å²) in [5.74, 6) is 0.129. The molecule has 1 fully saturated rings. The van der Waals surface area contributed by atoms with Crippen LogP contribution in [0.1, 0.15) is 17.3 Å². The molecule has 0 aromatic heterocycles. The van der Waals surface area contributed by atoms with Crippen LogP contribution in [-0.2, 0) is 4.74 Å². The molecule has 1 aliphatic heterocycles. The summed E-state index contributed by atoms with van der Waals surface area (Å²) in [5.41, 5.74) is 1.63. The molecule has 0 aliphatic carbocycles. The number of carbonyl (C=O) groups excluding carboxylic acids is 1. The topological polar surface area (TPSA) is 29.5 Å². The fourth-order valence-electron chi connectivity index (χ4n) is 2.07. The van der Waals surface area contributed by atoms with Gasteiger partial charge in [-0.15, -0.1) is 0 Å². The number of Topliss-reactive ketones (excluding diaryl/α,β-unsaturated/α-hetero) is 1. The molecule has 1 aromatic rings. The molecule has 0 atom stereocenters. The Kier molecular flexibility index (Phi) is 4.67. The molecular weight excluding hydrogens is 226 g/mol. The lowest BCUT2D eigenvalue weighted by molar-refractivity contribution is 0.0417. The molecule has 1 saturated heterocycles. The van der Waals surface area contributed by atoms with Crippen molar-refractivity contribution in [3.05, 3.63) is 47.5 Å². The number of hydrogen-bond acceptors (Lipinski definition) is 3. The Balaban J connectivity index is 2.02. The van der Waals surface area contributed by atoms with Crippen molar-refractivity contribution >= 4 is 5.78 Å². The maximum atomic E-state index is 12.3.